The molecule has 2 aromatic carbocycles. The van der Waals surface area contributed by atoms with Crippen molar-refractivity contribution in [1.82, 2.24) is 0 Å². The van der Waals surface area contributed by atoms with Gasteiger partial charge in [0, 0.05) is 10.8 Å². The molecule has 0 saturated heterocycles. The molecule has 0 N–H and O–H groups in total. The normalized spacial score (nSPS) is 25.0. The molecule has 4 rings (SSSR count). The molecule has 2 aliphatic rings. The zero-order valence-corrected chi connectivity index (χ0v) is 20.3. The van der Waals surface area contributed by atoms with Gasteiger partial charge in [-0.25, -0.2) is 24.3 Å². The van der Waals surface area contributed by atoms with Crippen molar-refractivity contribution < 1.29 is 20.8 Å². The molecule has 0 amide bonds. The van der Waals surface area contributed by atoms with Crippen LogP contribution < -0.4 is 0 Å². The van der Waals surface area contributed by atoms with Gasteiger partial charge in [-0.2, -0.15) is 35.4 Å². The fraction of sp³-hybridized carbons (Fsp3) is 0.250. The third-order valence-electron chi connectivity index (χ3n) is 5.01. The van der Waals surface area contributed by atoms with E-state index >= 15 is 0 Å². The fourth-order valence-electron chi connectivity index (χ4n) is 3.57. The molecule has 0 nitrogen and oxygen atoms in total. The molecule has 2 atom stereocenters. The molecule has 2 aromatic rings. The van der Waals surface area contributed by atoms with Gasteiger partial charge in [-0.3, -0.25) is 0 Å². The Balaban J connectivity index is 0.000000170. The Morgan fingerprint density at radius 1 is 0.778 bits per heavy atom. The van der Waals surface area contributed by atoms with Crippen molar-refractivity contribution in [2.45, 2.75) is 38.5 Å². The first-order valence-electron chi connectivity index (χ1n) is 9.01. The van der Waals surface area contributed by atoms with E-state index in [9.17, 15) is 0 Å². The third kappa shape index (κ3) is 6.05. The Labute approximate surface area is 182 Å². The van der Waals surface area contributed by atoms with E-state index in [0.29, 0.717) is 0 Å². The number of hydrogen-bond donors (Lipinski definition) is 0. The molecule has 0 spiro atoms. The molecule has 0 bridgehead atoms. The van der Waals surface area contributed by atoms with Gasteiger partial charge in [-0.15, -0.1) is 0 Å². The third-order valence-corrected chi connectivity index (χ3v) is 5.01. The van der Waals surface area contributed by atoms with E-state index in [-0.39, 0.29) is 10.8 Å². The van der Waals surface area contributed by atoms with Gasteiger partial charge >= 0.3 is 37.9 Å². The van der Waals surface area contributed by atoms with Crippen molar-refractivity contribution in [3.63, 3.8) is 0 Å². The minimum atomic E-state index is -0.826. The predicted octanol–water partition coefficient (Wildman–Crippen LogP) is 7.74. The Bertz CT molecular complexity index is 752. The number of halogens is 2. The first-order valence-corrected chi connectivity index (χ1v) is 15.3. The Hall–Kier alpha value is -0.877. The summed E-state index contributed by atoms with van der Waals surface area (Å²) < 4.78 is 0. The van der Waals surface area contributed by atoms with E-state index in [4.69, 9.17) is 17.0 Å². The molecule has 0 aliphatic heterocycles. The van der Waals surface area contributed by atoms with Gasteiger partial charge < -0.3 is 0 Å². The Morgan fingerprint density at radius 3 is 1.37 bits per heavy atom. The molecule has 2 unspecified atom stereocenters. The summed E-state index contributed by atoms with van der Waals surface area (Å²) in [4.78, 5) is 0. The summed E-state index contributed by atoms with van der Waals surface area (Å²) >= 11 is -0.826. The molecule has 2 aliphatic carbocycles. The van der Waals surface area contributed by atoms with Crippen LogP contribution in [-0.4, -0.2) is 0 Å². The molecule has 0 fully saturated rings. The van der Waals surface area contributed by atoms with Crippen molar-refractivity contribution in [1.29, 1.82) is 0 Å². The summed E-state index contributed by atoms with van der Waals surface area (Å²) in [6.07, 6.45) is 13.5. The molecule has 0 radical (unpaired) electrons. The van der Waals surface area contributed by atoms with Crippen LogP contribution in [0.1, 0.15) is 38.8 Å². The standard InChI is InChI=1S/2C12H13.2ClH.Zr/c2*1-10-7-8-12(2,9-10)11-5-3-4-6-11;;;/h2*3-9H,1-2H3;2*1H;/q2*-1;;;+4/p-2. The summed E-state index contributed by atoms with van der Waals surface area (Å²) in [6.45, 7) is 8.78. The van der Waals surface area contributed by atoms with Gasteiger partial charge in [0.1, 0.15) is 0 Å². The second-order valence-electron chi connectivity index (χ2n) is 7.43. The van der Waals surface area contributed by atoms with E-state index < -0.39 is 20.8 Å². The van der Waals surface area contributed by atoms with E-state index in [2.05, 4.69) is 113 Å². The molecule has 3 heteroatoms. The molecule has 27 heavy (non-hydrogen) atoms. The first kappa shape index (κ1) is 22.4. The van der Waals surface area contributed by atoms with E-state index in [0.717, 1.165) is 0 Å². The van der Waals surface area contributed by atoms with E-state index in [1.807, 2.05) is 0 Å². The number of rotatable bonds is 2. The average Bonchev–Trinajstić information content (AvgIpc) is 3.38. The van der Waals surface area contributed by atoms with Gasteiger partial charge in [0.15, 0.2) is 0 Å². The van der Waals surface area contributed by atoms with Gasteiger partial charge in [0.05, 0.1) is 0 Å². The summed E-state index contributed by atoms with van der Waals surface area (Å²) in [5, 5.41) is 0. The van der Waals surface area contributed by atoms with Crippen LogP contribution >= 0.6 is 17.0 Å². The zero-order chi connectivity index (χ0) is 19.9. The molecule has 0 saturated carbocycles. The maximum absolute atomic E-state index is 4.93. The van der Waals surface area contributed by atoms with Crippen molar-refractivity contribution in [2.24, 2.45) is 0 Å². The SMILES string of the molecule is CC1=CC(C)(c2ccc[cH-]2)C=C1.CC1=CC(C)(c2ccc[cH-]2)C=C1.[Cl][Zr+2][Cl]. The van der Waals surface area contributed by atoms with Crippen LogP contribution in [0.15, 0.2) is 96.1 Å². The molecule has 0 heterocycles. The fourth-order valence-corrected chi connectivity index (χ4v) is 3.57. The van der Waals surface area contributed by atoms with Crippen molar-refractivity contribution in [3.05, 3.63) is 107 Å². The van der Waals surface area contributed by atoms with Gasteiger partial charge in [0.25, 0.3) is 0 Å². The van der Waals surface area contributed by atoms with Crippen molar-refractivity contribution >= 4 is 17.0 Å². The van der Waals surface area contributed by atoms with E-state index in [1.165, 1.54) is 22.3 Å². The Morgan fingerprint density at radius 2 is 1.15 bits per heavy atom. The second kappa shape index (κ2) is 10.1. The van der Waals surface area contributed by atoms with Gasteiger partial charge in [-0.05, 0) is 13.8 Å². The summed E-state index contributed by atoms with van der Waals surface area (Å²) in [7, 11) is 9.87. The quantitative estimate of drug-likeness (QED) is 0.389. The number of hydrogen-bond acceptors (Lipinski definition) is 0. The molecular formula is C24H26Cl2Zr. The van der Waals surface area contributed by atoms with Crippen LogP contribution in [0.2, 0.25) is 0 Å². The zero-order valence-electron chi connectivity index (χ0n) is 16.3. The van der Waals surface area contributed by atoms with Crippen LogP contribution in [0.4, 0.5) is 0 Å². The monoisotopic (exact) mass is 474 g/mol. The molecule has 140 valence electrons. The Kier molecular flexibility index (Phi) is 8.35. The van der Waals surface area contributed by atoms with Crippen LogP contribution in [0, 0.1) is 0 Å². The van der Waals surface area contributed by atoms with Crippen LogP contribution in [0.5, 0.6) is 0 Å². The summed E-state index contributed by atoms with van der Waals surface area (Å²) in [5.74, 6) is 0. The van der Waals surface area contributed by atoms with Crippen LogP contribution in [0.25, 0.3) is 0 Å². The predicted molar refractivity (Wildman–Crippen MR) is 116 cm³/mol. The van der Waals surface area contributed by atoms with E-state index in [1.54, 1.807) is 0 Å². The average molecular weight is 477 g/mol. The molecular weight excluding hydrogens is 450 g/mol. The van der Waals surface area contributed by atoms with Gasteiger partial charge in [-0.1, -0.05) is 61.4 Å². The topological polar surface area (TPSA) is 0 Å². The van der Waals surface area contributed by atoms with Gasteiger partial charge in [0.2, 0.25) is 0 Å². The maximum atomic E-state index is 4.93. The summed E-state index contributed by atoms with van der Waals surface area (Å²) in [6, 6.07) is 17.1. The van der Waals surface area contributed by atoms with Crippen LogP contribution in [0.3, 0.4) is 0 Å². The van der Waals surface area contributed by atoms with Crippen LogP contribution in [-0.2, 0) is 31.7 Å². The number of allylic oxidation sites excluding steroid dienone is 8. The second-order valence-corrected chi connectivity index (χ2v) is 11.2. The van der Waals surface area contributed by atoms with Crippen molar-refractivity contribution in [3.8, 4) is 0 Å². The summed E-state index contributed by atoms with van der Waals surface area (Å²) in [5.41, 5.74) is 5.78. The van der Waals surface area contributed by atoms with Crippen molar-refractivity contribution in [2.75, 3.05) is 0 Å². The minimum absolute atomic E-state index is 0.146. The molecule has 0 aromatic heterocycles. The first-order chi connectivity index (χ1) is 12.8.